The number of nitrogens with one attached hydrogen (secondary N) is 1. The molecule has 2 N–H and O–H groups in total. The third-order valence-corrected chi connectivity index (χ3v) is 4.51. The molecular weight excluding hydrogens is 321 g/mol. The van der Waals surface area contributed by atoms with E-state index in [1.165, 1.54) is 13.0 Å². The first-order chi connectivity index (χ1) is 9.50. The average molecular weight is 336 g/mol. The molecule has 5 nitrogen and oxygen atoms in total. The van der Waals surface area contributed by atoms with Crippen molar-refractivity contribution < 1.29 is 22.7 Å². The van der Waals surface area contributed by atoms with Gasteiger partial charge in [0, 0.05) is 11.1 Å². The quantitative estimate of drug-likeness (QED) is 0.866. The van der Waals surface area contributed by atoms with E-state index in [1.807, 2.05) is 0 Å². The van der Waals surface area contributed by atoms with Crippen LogP contribution in [0.4, 0.5) is 4.39 Å². The second-order valence-corrected chi connectivity index (χ2v) is 6.94. The van der Waals surface area contributed by atoms with Crippen molar-refractivity contribution >= 4 is 27.6 Å². The monoisotopic (exact) mass is 335 g/mol. The van der Waals surface area contributed by atoms with Gasteiger partial charge >= 0.3 is 5.97 Å². The number of benzene rings is 1. The molecule has 0 amide bonds. The highest BCUT2D eigenvalue weighted by Gasteiger charge is 2.26. The summed E-state index contributed by atoms with van der Waals surface area (Å²) >= 11 is 5.42. The minimum Gasteiger partial charge on any atom is -0.478 e. The van der Waals surface area contributed by atoms with Crippen LogP contribution in [-0.2, 0) is 10.0 Å². The third kappa shape index (κ3) is 4.26. The zero-order valence-corrected chi connectivity index (χ0v) is 13.2. The minimum absolute atomic E-state index is 0.124. The number of halogens is 2. The Morgan fingerprint density at radius 1 is 1.43 bits per heavy atom. The van der Waals surface area contributed by atoms with Gasteiger partial charge < -0.3 is 5.11 Å². The average Bonchev–Trinajstić information content (AvgIpc) is 2.30. The molecule has 1 aromatic carbocycles. The van der Waals surface area contributed by atoms with Crippen LogP contribution in [0.15, 0.2) is 28.6 Å². The number of carboxylic acid groups (broad SMARTS) is 1. The summed E-state index contributed by atoms with van der Waals surface area (Å²) in [6.45, 7) is 4.36. The zero-order valence-electron chi connectivity index (χ0n) is 11.6. The number of hydrogen-bond donors (Lipinski definition) is 2. The van der Waals surface area contributed by atoms with Crippen molar-refractivity contribution in [2.24, 2.45) is 0 Å². The number of rotatable bonds is 5. The van der Waals surface area contributed by atoms with Crippen molar-refractivity contribution in [3.8, 4) is 0 Å². The van der Waals surface area contributed by atoms with Crippen molar-refractivity contribution in [3.63, 3.8) is 0 Å². The molecule has 8 heteroatoms. The van der Waals surface area contributed by atoms with Gasteiger partial charge in [-0.05, 0) is 38.5 Å². The highest BCUT2D eigenvalue weighted by atomic mass is 35.5. The minimum atomic E-state index is -4.10. The van der Waals surface area contributed by atoms with Gasteiger partial charge in [0.15, 0.2) is 0 Å². The first-order valence-electron chi connectivity index (χ1n) is 5.85. The number of aromatic carboxylic acids is 1. The van der Waals surface area contributed by atoms with Gasteiger partial charge in [-0.3, -0.25) is 0 Å². The summed E-state index contributed by atoms with van der Waals surface area (Å²) in [4.78, 5) is 10.6. The summed E-state index contributed by atoms with van der Waals surface area (Å²) in [6.07, 6.45) is 1.40. The Kier molecular flexibility index (Phi) is 5.14. The molecule has 0 unspecified atom stereocenters. The number of carboxylic acids is 1. The van der Waals surface area contributed by atoms with Crippen LogP contribution in [0, 0.1) is 12.7 Å². The summed E-state index contributed by atoms with van der Waals surface area (Å²) in [5.41, 5.74) is -0.380. The van der Waals surface area contributed by atoms with Crippen molar-refractivity contribution in [2.75, 3.05) is 0 Å². The molecule has 0 aliphatic heterocycles. The Morgan fingerprint density at radius 2 is 2.00 bits per heavy atom. The van der Waals surface area contributed by atoms with Crippen LogP contribution in [0.5, 0.6) is 0 Å². The van der Waals surface area contributed by atoms with Gasteiger partial charge in [0.05, 0.1) is 10.5 Å². The van der Waals surface area contributed by atoms with Gasteiger partial charge in [-0.15, -0.1) is 0 Å². The number of sulfonamides is 1. The maximum absolute atomic E-state index is 13.7. The molecule has 21 heavy (non-hydrogen) atoms. The largest absolute Gasteiger partial charge is 0.478 e. The topological polar surface area (TPSA) is 83.5 Å². The normalized spacial score (nSPS) is 12.8. The van der Waals surface area contributed by atoms with E-state index in [2.05, 4.69) is 4.72 Å². The molecule has 0 saturated carbocycles. The molecule has 1 rings (SSSR count). The Morgan fingerprint density at radius 3 is 2.48 bits per heavy atom. The Labute approximate surface area is 127 Å². The van der Waals surface area contributed by atoms with Crippen LogP contribution in [-0.4, -0.2) is 25.0 Å². The van der Waals surface area contributed by atoms with Crippen molar-refractivity contribution in [3.05, 3.63) is 40.7 Å². The summed E-state index contributed by atoms with van der Waals surface area (Å²) in [7, 11) is -4.10. The molecule has 1 aromatic rings. The molecule has 0 heterocycles. The fourth-order valence-electron chi connectivity index (χ4n) is 1.63. The lowest BCUT2D eigenvalue weighted by molar-refractivity contribution is 0.0695. The molecule has 0 radical (unpaired) electrons. The Balaban J connectivity index is 3.36. The predicted molar refractivity (Wildman–Crippen MR) is 77.5 cm³/mol. The number of hydrogen-bond acceptors (Lipinski definition) is 3. The molecule has 0 fully saturated rings. The lowest BCUT2D eigenvalue weighted by atomic mass is 10.1. The molecule has 0 atom stereocenters. The molecule has 0 aliphatic rings. The maximum atomic E-state index is 13.7. The molecule has 116 valence electrons. The second-order valence-electron chi connectivity index (χ2n) is 5.00. The van der Waals surface area contributed by atoms with Gasteiger partial charge in [0.2, 0.25) is 10.0 Å². The van der Waals surface area contributed by atoms with E-state index in [1.54, 1.807) is 13.8 Å². The van der Waals surface area contributed by atoms with Crippen molar-refractivity contribution in [1.82, 2.24) is 4.72 Å². The molecule has 0 spiro atoms. The molecule has 0 saturated heterocycles. The van der Waals surface area contributed by atoms with Crippen LogP contribution in [0.3, 0.4) is 0 Å². The van der Waals surface area contributed by atoms with E-state index in [9.17, 15) is 17.6 Å². The molecule has 0 bridgehead atoms. The predicted octanol–water partition coefficient (Wildman–Crippen LogP) is 2.64. The number of carbonyl (C=O) groups is 1. The van der Waals surface area contributed by atoms with Crippen molar-refractivity contribution in [1.29, 1.82) is 0 Å². The highest BCUT2D eigenvalue weighted by molar-refractivity contribution is 7.89. The summed E-state index contributed by atoms with van der Waals surface area (Å²) in [5, 5.41) is 8.99. The fraction of sp³-hybridized carbons (Fsp3) is 0.308. The summed E-state index contributed by atoms with van der Waals surface area (Å²) in [5.74, 6) is -2.30. The van der Waals surface area contributed by atoms with E-state index >= 15 is 0 Å². The second kappa shape index (κ2) is 6.13. The van der Waals surface area contributed by atoms with Crippen molar-refractivity contribution in [2.45, 2.75) is 31.2 Å². The van der Waals surface area contributed by atoms with Gasteiger partial charge in [0.1, 0.15) is 5.82 Å². The van der Waals surface area contributed by atoms with Crippen LogP contribution in [0.2, 0.25) is 0 Å². The summed E-state index contributed by atoms with van der Waals surface area (Å²) < 4.78 is 40.5. The Bertz CT molecular complexity index is 698. The zero-order chi connectivity index (χ0) is 16.4. The third-order valence-electron chi connectivity index (χ3n) is 2.74. The van der Waals surface area contributed by atoms with E-state index in [0.717, 1.165) is 17.7 Å². The van der Waals surface area contributed by atoms with Crippen LogP contribution < -0.4 is 4.72 Å². The fourth-order valence-corrected chi connectivity index (χ4v) is 3.35. The molecular formula is C13H15ClFNO4S. The Hall–Kier alpha value is -1.44. The molecule has 0 aliphatic carbocycles. The van der Waals surface area contributed by atoms with Gasteiger partial charge in [-0.2, -0.15) is 0 Å². The smallest absolute Gasteiger partial charge is 0.336 e. The first kappa shape index (κ1) is 17.6. The van der Waals surface area contributed by atoms with Gasteiger partial charge in [0.25, 0.3) is 0 Å². The van der Waals surface area contributed by atoms with Crippen LogP contribution in [0.25, 0.3) is 0 Å². The van der Waals surface area contributed by atoms with Gasteiger partial charge in [-0.1, -0.05) is 17.7 Å². The first-order valence-corrected chi connectivity index (χ1v) is 7.77. The summed E-state index contributed by atoms with van der Waals surface area (Å²) in [6, 6.07) is 1.70. The standard InChI is InChI=1S/C13H15ClFNO4S/c1-8-10(12(17)18)6-9(7-11(8)15)21(19,20)16-13(2,3)4-5-14/h4-7,16H,1-3H3,(H,17,18)/b5-4+. The van der Waals surface area contributed by atoms with E-state index in [4.69, 9.17) is 16.7 Å². The lowest BCUT2D eigenvalue weighted by Gasteiger charge is -2.22. The van der Waals surface area contributed by atoms with Gasteiger partial charge in [-0.25, -0.2) is 22.3 Å². The van der Waals surface area contributed by atoms with Crippen LogP contribution in [0.1, 0.15) is 29.8 Å². The maximum Gasteiger partial charge on any atom is 0.336 e. The van der Waals surface area contributed by atoms with E-state index in [0.29, 0.717) is 0 Å². The highest BCUT2D eigenvalue weighted by Crippen LogP contribution is 2.21. The SMILES string of the molecule is Cc1c(F)cc(S(=O)(=O)NC(C)(C)/C=C/Cl)cc1C(=O)O. The van der Waals surface area contributed by atoms with E-state index < -0.39 is 37.8 Å². The van der Waals surface area contributed by atoms with E-state index in [-0.39, 0.29) is 5.56 Å². The van der Waals surface area contributed by atoms with Crippen LogP contribution >= 0.6 is 11.6 Å². The lowest BCUT2D eigenvalue weighted by Crippen LogP contribution is -2.41. The molecule has 0 aromatic heterocycles.